The zero-order chi connectivity index (χ0) is 13.3. The Labute approximate surface area is 100 Å². The van der Waals surface area contributed by atoms with Crippen LogP contribution in [0.25, 0.3) is 0 Å². The average Bonchev–Trinajstić information content (AvgIpc) is 2.23. The van der Waals surface area contributed by atoms with Crippen molar-refractivity contribution in [3.63, 3.8) is 0 Å². The maximum Gasteiger partial charge on any atom is 0.342 e. The summed E-state index contributed by atoms with van der Waals surface area (Å²) in [6.07, 6.45) is 0. The fourth-order valence-electron chi connectivity index (χ4n) is 1.79. The third-order valence-electron chi connectivity index (χ3n) is 2.59. The summed E-state index contributed by atoms with van der Waals surface area (Å²) < 4.78 is 5.19. The van der Waals surface area contributed by atoms with Crippen molar-refractivity contribution in [2.45, 2.75) is 12.5 Å². The van der Waals surface area contributed by atoms with Gasteiger partial charge in [0.1, 0.15) is 12.2 Å². The maximum atomic E-state index is 11.4. The first-order chi connectivity index (χ1) is 8.39. The first kappa shape index (κ1) is 12.3. The highest BCUT2D eigenvalue weighted by Gasteiger charge is 2.42. The van der Waals surface area contributed by atoms with Crippen LogP contribution < -0.4 is 16.1 Å². The van der Waals surface area contributed by atoms with Crippen molar-refractivity contribution in [2.24, 2.45) is 0 Å². The van der Waals surface area contributed by atoms with E-state index in [9.17, 15) is 14.4 Å². The number of H-pyrrole nitrogens is 2. The van der Waals surface area contributed by atoms with Crippen LogP contribution >= 0.6 is 0 Å². The summed E-state index contributed by atoms with van der Waals surface area (Å²) in [6, 6.07) is 0. The van der Waals surface area contributed by atoms with Gasteiger partial charge in [-0.25, -0.2) is 14.7 Å². The predicted molar refractivity (Wildman–Crippen MR) is 59.7 cm³/mol. The van der Waals surface area contributed by atoms with Crippen LogP contribution in [0, 0.1) is 0 Å². The lowest BCUT2D eigenvalue weighted by molar-refractivity contribution is -0.150. The average molecular weight is 256 g/mol. The highest BCUT2D eigenvalue weighted by Crippen LogP contribution is 2.26. The number of carboxylic acids is 1. The Hall–Kier alpha value is -2.16. The lowest BCUT2D eigenvalue weighted by atomic mass is 9.96. The van der Waals surface area contributed by atoms with E-state index >= 15 is 0 Å². The zero-order valence-corrected chi connectivity index (χ0v) is 9.60. The van der Waals surface area contributed by atoms with E-state index in [-0.39, 0.29) is 12.4 Å². The van der Waals surface area contributed by atoms with Gasteiger partial charge in [0.25, 0.3) is 5.56 Å². The number of anilines is 1. The topological polar surface area (TPSA) is 128 Å². The largest absolute Gasteiger partial charge is 0.480 e. The molecular weight excluding hydrogens is 244 g/mol. The van der Waals surface area contributed by atoms with E-state index in [2.05, 4.69) is 15.2 Å². The highest BCUT2D eigenvalue weighted by molar-refractivity contribution is 5.68. The van der Waals surface area contributed by atoms with Crippen molar-refractivity contribution in [1.82, 2.24) is 15.2 Å². The Bertz CT molecular complexity index is 571. The van der Waals surface area contributed by atoms with Gasteiger partial charge in [-0.2, -0.15) is 0 Å². The molecule has 0 bridgehead atoms. The summed E-state index contributed by atoms with van der Waals surface area (Å²) in [6.45, 7) is 2.02. The number of ether oxygens (including phenoxy) is 1. The second-order valence-electron chi connectivity index (χ2n) is 4.32. The molecule has 0 atom stereocenters. The second kappa shape index (κ2) is 4.26. The van der Waals surface area contributed by atoms with E-state index in [1.165, 1.54) is 0 Å². The summed E-state index contributed by atoms with van der Waals surface area (Å²) in [5.74, 6) is -0.958. The molecule has 0 unspecified atom stereocenters. The third-order valence-corrected chi connectivity index (χ3v) is 2.59. The molecule has 1 aromatic heterocycles. The summed E-state index contributed by atoms with van der Waals surface area (Å²) in [5.41, 5.74) is -1.88. The zero-order valence-electron chi connectivity index (χ0n) is 9.60. The van der Waals surface area contributed by atoms with Gasteiger partial charge in [0.05, 0.1) is 13.1 Å². The molecule has 0 amide bonds. The number of aromatic nitrogens is 3. The van der Waals surface area contributed by atoms with Crippen LogP contribution in [0.3, 0.4) is 0 Å². The van der Waals surface area contributed by atoms with Crippen LogP contribution in [-0.4, -0.2) is 51.6 Å². The number of hydrogen-bond donors (Lipinski definition) is 3. The van der Waals surface area contributed by atoms with Gasteiger partial charge in [-0.05, 0) is 6.92 Å². The number of carbonyl (C=O) groups is 1. The van der Waals surface area contributed by atoms with E-state index < -0.39 is 22.8 Å². The summed E-state index contributed by atoms with van der Waals surface area (Å²) in [7, 11) is 0. The van der Waals surface area contributed by atoms with Crippen LogP contribution in [0.2, 0.25) is 0 Å². The number of hydrogen-bond acceptors (Lipinski definition) is 6. The number of aromatic amines is 2. The molecule has 1 aromatic rings. The van der Waals surface area contributed by atoms with Gasteiger partial charge < -0.3 is 14.7 Å². The molecule has 1 saturated heterocycles. The number of rotatable bonds is 4. The smallest absolute Gasteiger partial charge is 0.342 e. The first-order valence-electron chi connectivity index (χ1n) is 5.19. The van der Waals surface area contributed by atoms with Gasteiger partial charge in [-0.15, -0.1) is 5.10 Å². The maximum absolute atomic E-state index is 11.4. The van der Waals surface area contributed by atoms with Crippen LogP contribution in [-0.2, 0) is 9.53 Å². The monoisotopic (exact) mass is 256 g/mol. The lowest BCUT2D eigenvalue weighted by Crippen LogP contribution is -2.63. The van der Waals surface area contributed by atoms with E-state index in [0.29, 0.717) is 13.1 Å². The predicted octanol–water partition coefficient (Wildman–Crippen LogP) is -1.86. The molecule has 2 heterocycles. The molecule has 9 nitrogen and oxygen atoms in total. The Balaban J connectivity index is 2.02. The Kier molecular flexibility index (Phi) is 2.91. The van der Waals surface area contributed by atoms with Gasteiger partial charge in [0, 0.05) is 0 Å². The minimum Gasteiger partial charge on any atom is -0.480 e. The SMILES string of the molecule is CC1(OCC(=O)O)CN(c2n[nH]c(=O)[nH]c2=O)C1. The number of nitrogens with zero attached hydrogens (tertiary/aromatic N) is 2. The molecule has 18 heavy (non-hydrogen) atoms. The van der Waals surface area contributed by atoms with Crippen LogP contribution in [0.1, 0.15) is 6.92 Å². The number of aliphatic carboxylic acids is 1. The van der Waals surface area contributed by atoms with Crippen molar-refractivity contribution in [3.8, 4) is 0 Å². The van der Waals surface area contributed by atoms with Crippen molar-refractivity contribution in [3.05, 3.63) is 20.8 Å². The fourth-order valence-corrected chi connectivity index (χ4v) is 1.79. The molecule has 0 spiro atoms. The first-order valence-corrected chi connectivity index (χ1v) is 5.19. The fraction of sp³-hybridized carbons (Fsp3) is 0.556. The summed E-state index contributed by atoms with van der Waals surface area (Å²) in [5, 5.41) is 14.3. The van der Waals surface area contributed by atoms with Gasteiger partial charge in [0.2, 0.25) is 5.82 Å². The summed E-state index contributed by atoms with van der Waals surface area (Å²) in [4.78, 5) is 36.3. The third kappa shape index (κ3) is 2.40. The molecule has 0 saturated carbocycles. The quantitative estimate of drug-likeness (QED) is 0.576. The molecule has 9 heteroatoms. The van der Waals surface area contributed by atoms with Gasteiger partial charge in [-0.3, -0.25) is 9.78 Å². The van der Waals surface area contributed by atoms with Crippen molar-refractivity contribution < 1.29 is 14.6 Å². The lowest BCUT2D eigenvalue weighted by Gasteiger charge is -2.47. The highest BCUT2D eigenvalue weighted by atomic mass is 16.5. The van der Waals surface area contributed by atoms with Gasteiger partial charge >= 0.3 is 11.7 Å². The molecule has 0 radical (unpaired) electrons. The molecular formula is C9H12N4O5. The van der Waals surface area contributed by atoms with Crippen LogP contribution in [0.15, 0.2) is 9.59 Å². The van der Waals surface area contributed by atoms with Gasteiger partial charge in [0.15, 0.2) is 0 Å². The van der Waals surface area contributed by atoms with Crippen molar-refractivity contribution in [1.29, 1.82) is 0 Å². The molecule has 3 N–H and O–H groups in total. The number of nitrogens with one attached hydrogen (secondary N) is 2. The van der Waals surface area contributed by atoms with E-state index in [1.807, 2.05) is 0 Å². The Morgan fingerprint density at radius 3 is 2.78 bits per heavy atom. The molecule has 0 aliphatic carbocycles. The minimum absolute atomic E-state index is 0.0889. The summed E-state index contributed by atoms with van der Waals surface area (Å²) >= 11 is 0. The molecule has 98 valence electrons. The van der Waals surface area contributed by atoms with E-state index in [4.69, 9.17) is 9.84 Å². The molecule has 1 aliphatic heterocycles. The van der Waals surface area contributed by atoms with E-state index in [0.717, 1.165) is 0 Å². The van der Waals surface area contributed by atoms with Crippen LogP contribution in [0.4, 0.5) is 5.82 Å². The van der Waals surface area contributed by atoms with Gasteiger partial charge in [-0.1, -0.05) is 0 Å². The van der Waals surface area contributed by atoms with E-state index in [1.54, 1.807) is 11.8 Å². The Morgan fingerprint density at radius 1 is 1.56 bits per heavy atom. The normalized spacial score (nSPS) is 17.3. The minimum atomic E-state index is -1.05. The van der Waals surface area contributed by atoms with Crippen molar-refractivity contribution >= 4 is 11.8 Å². The standard InChI is InChI=1S/C9H12N4O5/c1-9(18-2-5(14)15)3-13(4-9)6-7(16)10-8(17)12-11-6/h2-4H2,1H3,(H,14,15)(H2,10,12,16,17). The molecule has 1 fully saturated rings. The molecule has 1 aliphatic rings. The second-order valence-corrected chi connectivity index (χ2v) is 4.32. The Morgan fingerprint density at radius 2 is 2.22 bits per heavy atom. The van der Waals surface area contributed by atoms with Crippen molar-refractivity contribution in [2.75, 3.05) is 24.6 Å². The number of carboxylic acid groups (broad SMARTS) is 1. The molecule has 0 aromatic carbocycles. The molecule has 2 rings (SSSR count). The van der Waals surface area contributed by atoms with Crippen LogP contribution in [0.5, 0.6) is 0 Å².